The van der Waals surface area contributed by atoms with E-state index >= 15 is 0 Å². The summed E-state index contributed by atoms with van der Waals surface area (Å²) in [6.45, 7) is 4.24. The SMILES string of the molecule is C=C1[C@@H]2C=CCC[C@@H]2N(Cc2ccccc2)S1(=O)=O. The van der Waals surface area contributed by atoms with Crippen LogP contribution in [0, 0.1) is 5.92 Å². The molecule has 1 heterocycles. The number of allylic oxidation sites excluding steroid dienone is 1. The van der Waals surface area contributed by atoms with Crippen molar-refractivity contribution in [3.63, 3.8) is 0 Å². The van der Waals surface area contributed by atoms with Crippen LogP contribution in [0.15, 0.2) is 54.0 Å². The normalized spacial score (nSPS) is 29.4. The van der Waals surface area contributed by atoms with Crippen LogP contribution in [0.5, 0.6) is 0 Å². The highest BCUT2D eigenvalue weighted by Gasteiger charge is 2.47. The Hall–Kier alpha value is -1.39. The first-order chi connectivity index (χ1) is 9.10. The van der Waals surface area contributed by atoms with Crippen LogP contribution >= 0.6 is 0 Å². The molecule has 0 amide bonds. The molecule has 0 unspecified atom stereocenters. The molecular formula is C15H17NO2S. The number of nitrogens with zero attached hydrogens (tertiary/aromatic N) is 1. The molecule has 0 aromatic heterocycles. The highest BCUT2D eigenvalue weighted by atomic mass is 32.2. The van der Waals surface area contributed by atoms with Crippen LogP contribution in [0.4, 0.5) is 0 Å². The van der Waals surface area contributed by atoms with Gasteiger partial charge in [-0.3, -0.25) is 0 Å². The van der Waals surface area contributed by atoms with Gasteiger partial charge in [0.15, 0.2) is 0 Å². The van der Waals surface area contributed by atoms with E-state index in [1.807, 2.05) is 36.4 Å². The van der Waals surface area contributed by atoms with E-state index in [-0.39, 0.29) is 12.0 Å². The molecule has 0 spiro atoms. The highest BCUT2D eigenvalue weighted by Crippen LogP contribution is 2.41. The van der Waals surface area contributed by atoms with Crippen LogP contribution in [0.3, 0.4) is 0 Å². The number of rotatable bonds is 2. The second kappa shape index (κ2) is 4.62. The second-order valence-corrected chi connectivity index (χ2v) is 7.04. The molecule has 1 aromatic rings. The van der Waals surface area contributed by atoms with Crippen LogP contribution in [0.2, 0.25) is 0 Å². The van der Waals surface area contributed by atoms with Crippen LogP contribution in [0.25, 0.3) is 0 Å². The van der Waals surface area contributed by atoms with Gasteiger partial charge in [-0.1, -0.05) is 49.1 Å². The number of sulfonamides is 1. The Morgan fingerprint density at radius 1 is 1.26 bits per heavy atom. The summed E-state index contributed by atoms with van der Waals surface area (Å²) in [7, 11) is -3.36. The van der Waals surface area contributed by atoms with Gasteiger partial charge in [0.1, 0.15) is 0 Å². The summed E-state index contributed by atoms with van der Waals surface area (Å²) in [5, 5.41) is 0. The van der Waals surface area contributed by atoms with Gasteiger partial charge in [0.25, 0.3) is 0 Å². The van der Waals surface area contributed by atoms with Crippen LogP contribution in [0.1, 0.15) is 18.4 Å². The maximum absolute atomic E-state index is 12.5. The molecule has 1 aliphatic carbocycles. The average molecular weight is 275 g/mol. The minimum atomic E-state index is -3.36. The quantitative estimate of drug-likeness (QED) is 0.778. The van der Waals surface area contributed by atoms with E-state index in [0.29, 0.717) is 11.4 Å². The van der Waals surface area contributed by atoms with Crippen LogP contribution < -0.4 is 0 Å². The lowest BCUT2D eigenvalue weighted by Crippen LogP contribution is -2.35. The van der Waals surface area contributed by atoms with Gasteiger partial charge in [0.05, 0.1) is 4.91 Å². The molecule has 1 aliphatic heterocycles. The monoisotopic (exact) mass is 275 g/mol. The zero-order valence-corrected chi connectivity index (χ0v) is 11.5. The minimum absolute atomic E-state index is 0.0394. The third-order valence-electron chi connectivity index (χ3n) is 3.95. The van der Waals surface area contributed by atoms with Crippen molar-refractivity contribution >= 4 is 10.0 Å². The van der Waals surface area contributed by atoms with Crippen molar-refractivity contribution in [2.24, 2.45) is 5.92 Å². The van der Waals surface area contributed by atoms with Gasteiger partial charge in [-0.05, 0) is 18.4 Å². The van der Waals surface area contributed by atoms with Gasteiger partial charge >= 0.3 is 0 Å². The molecule has 1 aromatic carbocycles. The fourth-order valence-electron chi connectivity index (χ4n) is 2.93. The van der Waals surface area contributed by atoms with Gasteiger partial charge in [-0.2, -0.15) is 4.31 Å². The standard InChI is InChI=1S/C15H17NO2S/c1-12-14-9-5-6-10-15(14)16(19(12,17)18)11-13-7-3-2-4-8-13/h2-5,7-9,14-15H,1,6,10-11H2/t14-,15-/m0/s1. The van der Waals surface area contributed by atoms with Crippen molar-refractivity contribution in [3.8, 4) is 0 Å². The Bertz CT molecular complexity index is 619. The molecule has 3 nitrogen and oxygen atoms in total. The Labute approximate surface area is 114 Å². The van der Waals surface area contributed by atoms with E-state index in [0.717, 1.165) is 18.4 Å². The van der Waals surface area contributed by atoms with Gasteiger partial charge in [0.2, 0.25) is 10.0 Å². The van der Waals surface area contributed by atoms with Gasteiger partial charge in [-0.25, -0.2) is 8.42 Å². The zero-order valence-electron chi connectivity index (χ0n) is 10.7. The zero-order chi connectivity index (χ0) is 13.5. The maximum atomic E-state index is 12.5. The second-order valence-electron chi connectivity index (χ2n) is 5.10. The third-order valence-corrected chi connectivity index (χ3v) is 5.90. The molecule has 0 radical (unpaired) electrons. The van der Waals surface area contributed by atoms with Gasteiger partial charge in [-0.15, -0.1) is 0 Å². The first-order valence-electron chi connectivity index (χ1n) is 6.52. The van der Waals surface area contributed by atoms with Gasteiger partial charge < -0.3 is 0 Å². The smallest absolute Gasteiger partial charge is 0.207 e. The molecular weight excluding hydrogens is 258 g/mol. The van der Waals surface area contributed by atoms with E-state index in [2.05, 4.69) is 12.7 Å². The summed E-state index contributed by atoms with van der Waals surface area (Å²) in [5.41, 5.74) is 1.02. The first-order valence-corrected chi connectivity index (χ1v) is 7.96. The van der Waals surface area contributed by atoms with E-state index in [1.165, 1.54) is 0 Å². The lowest BCUT2D eigenvalue weighted by atomic mass is 9.90. The van der Waals surface area contributed by atoms with E-state index in [4.69, 9.17) is 0 Å². The van der Waals surface area contributed by atoms with E-state index < -0.39 is 10.0 Å². The van der Waals surface area contributed by atoms with Crippen molar-refractivity contribution < 1.29 is 8.42 Å². The molecule has 1 saturated heterocycles. The summed E-state index contributed by atoms with van der Waals surface area (Å²) in [4.78, 5) is 0.351. The van der Waals surface area contributed by atoms with Gasteiger partial charge in [0, 0.05) is 18.5 Å². The lowest BCUT2D eigenvalue weighted by molar-refractivity contribution is 0.287. The molecule has 1 fully saturated rings. The largest absolute Gasteiger partial charge is 0.239 e. The summed E-state index contributed by atoms with van der Waals surface area (Å²) in [5.74, 6) is -0.0394. The fourth-order valence-corrected chi connectivity index (χ4v) is 4.72. The third kappa shape index (κ3) is 2.05. The molecule has 19 heavy (non-hydrogen) atoms. The molecule has 0 bridgehead atoms. The Morgan fingerprint density at radius 3 is 2.74 bits per heavy atom. The summed E-state index contributed by atoms with van der Waals surface area (Å²) in [6.07, 6.45) is 5.88. The molecule has 0 N–H and O–H groups in total. The fraction of sp³-hybridized carbons (Fsp3) is 0.333. The predicted octanol–water partition coefficient (Wildman–Crippen LogP) is 2.68. The van der Waals surface area contributed by atoms with E-state index in [9.17, 15) is 8.42 Å². The topological polar surface area (TPSA) is 37.4 Å². The summed E-state index contributed by atoms with van der Waals surface area (Å²) < 4.78 is 26.5. The van der Waals surface area contributed by atoms with Crippen LogP contribution in [-0.4, -0.2) is 18.8 Å². The average Bonchev–Trinajstić information content (AvgIpc) is 2.62. The van der Waals surface area contributed by atoms with Crippen molar-refractivity contribution in [2.75, 3.05) is 0 Å². The molecule has 2 atom stereocenters. The Balaban J connectivity index is 1.95. The number of benzene rings is 1. The lowest BCUT2D eigenvalue weighted by Gasteiger charge is -2.26. The highest BCUT2D eigenvalue weighted by molar-refractivity contribution is 7.93. The van der Waals surface area contributed by atoms with Crippen molar-refractivity contribution in [2.45, 2.75) is 25.4 Å². The predicted molar refractivity (Wildman–Crippen MR) is 75.7 cm³/mol. The molecule has 0 saturated carbocycles. The maximum Gasteiger partial charge on any atom is 0.239 e. The molecule has 3 rings (SSSR count). The molecule has 2 aliphatic rings. The van der Waals surface area contributed by atoms with Crippen molar-refractivity contribution in [1.29, 1.82) is 0 Å². The number of fused-ring (bicyclic) bond motifs is 1. The molecule has 4 heteroatoms. The Kier molecular flexibility index (Phi) is 3.07. The first kappa shape index (κ1) is 12.6. The molecule has 100 valence electrons. The number of hydrogen-bond donors (Lipinski definition) is 0. The van der Waals surface area contributed by atoms with Crippen molar-refractivity contribution in [3.05, 3.63) is 59.5 Å². The number of hydrogen-bond acceptors (Lipinski definition) is 2. The Morgan fingerprint density at radius 2 is 2.00 bits per heavy atom. The summed E-state index contributed by atoms with van der Waals surface area (Å²) >= 11 is 0. The minimum Gasteiger partial charge on any atom is -0.207 e. The van der Waals surface area contributed by atoms with E-state index in [1.54, 1.807) is 4.31 Å². The summed E-state index contributed by atoms with van der Waals surface area (Å²) in [6, 6.07) is 9.78. The van der Waals surface area contributed by atoms with Crippen molar-refractivity contribution in [1.82, 2.24) is 4.31 Å². The van der Waals surface area contributed by atoms with Crippen LogP contribution in [-0.2, 0) is 16.6 Å².